The Labute approximate surface area is 129 Å². The number of rotatable bonds is 7. The topological polar surface area (TPSA) is 20.3 Å². The fraction of sp³-hybridized carbons (Fsp3) is 0.500. The van der Waals surface area contributed by atoms with Crippen LogP contribution in [0.3, 0.4) is 0 Å². The van der Waals surface area contributed by atoms with Gasteiger partial charge < -0.3 is 4.90 Å². The molecular weight excluding hydrogens is 301 g/mol. The van der Waals surface area contributed by atoms with E-state index in [0.29, 0.717) is 6.42 Å². The maximum atomic E-state index is 11.4. The normalized spacial score (nSPS) is 10.5. The van der Waals surface area contributed by atoms with E-state index in [-0.39, 0.29) is 5.91 Å². The monoisotopic (exact) mass is 319 g/mol. The smallest absolute Gasteiger partial charge is 0.222 e. The number of halogens is 2. The fourth-order valence-corrected chi connectivity index (χ4v) is 3.31. The van der Waals surface area contributed by atoms with Crippen LogP contribution in [0.2, 0.25) is 10.0 Å². The van der Waals surface area contributed by atoms with Crippen LogP contribution >= 0.6 is 35.0 Å². The zero-order chi connectivity index (χ0) is 14.3. The van der Waals surface area contributed by atoms with Gasteiger partial charge in [-0.15, -0.1) is 0 Å². The summed E-state index contributed by atoms with van der Waals surface area (Å²) in [6.07, 6.45) is 2.59. The minimum absolute atomic E-state index is 0.194. The Kier molecular flexibility index (Phi) is 7.66. The number of amides is 1. The van der Waals surface area contributed by atoms with Crippen molar-refractivity contribution in [1.82, 2.24) is 4.90 Å². The molecule has 1 rings (SSSR count). The molecule has 0 unspecified atom stereocenters. The third-order valence-corrected chi connectivity index (χ3v) is 4.51. The van der Waals surface area contributed by atoms with Gasteiger partial charge in [0.25, 0.3) is 0 Å². The van der Waals surface area contributed by atoms with Crippen molar-refractivity contribution in [2.24, 2.45) is 0 Å². The van der Waals surface area contributed by atoms with Gasteiger partial charge in [0.05, 0.1) is 0 Å². The minimum Gasteiger partial charge on any atom is -0.349 e. The number of unbranched alkanes of at least 4 members (excludes halogenated alkanes) is 1. The third kappa shape index (κ3) is 6.07. The lowest BCUT2D eigenvalue weighted by molar-refractivity contribution is -0.128. The van der Waals surface area contributed by atoms with E-state index in [1.165, 1.54) is 0 Å². The maximum absolute atomic E-state index is 11.4. The first-order valence-electron chi connectivity index (χ1n) is 6.23. The fourth-order valence-electron chi connectivity index (χ4n) is 1.55. The van der Waals surface area contributed by atoms with Gasteiger partial charge in [0, 0.05) is 36.3 Å². The van der Waals surface area contributed by atoms with Crippen LogP contribution in [0.25, 0.3) is 0 Å². The zero-order valence-corrected chi connectivity index (χ0v) is 13.6. The van der Waals surface area contributed by atoms with Crippen LogP contribution < -0.4 is 0 Å². The van der Waals surface area contributed by atoms with Crippen LogP contribution in [0.1, 0.15) is 24.8 Å². The first-order valence-corrected chi connectivity index (χ1v) is 8.14. The molecule has 0 radical (unpaired) electrons. The molecule has 1 amide bonds. The van der Waals surface area contributed by atoms with Crippen LogP contribution in [-0.4, -0.2) is 30.7 Å². The molecule has 1 aromatic rings. The van der Waals surface area contributed by atoms with Crippen molar-refractivity contribution in [3.05, 3.63) is 33.8 Å². The van der Waals surface area contributed by atoms with Gasteiger partial charge in [-0.2, -0.15) is 11.8 Å². The molecule has 0 heterocycles. The van der Waals surface area contributed by atoms with E-state index >= 15 is 0 Å². The van der Waals surface area contributed by atoms with Crippen molar-refractivity contribution in [2.45, 2.75) is 25.0 Å². The number of benzene rings is 1. The lowest BCUT2D eigenvalue weighted by Crippen LogP contribution is -2.21. The van der Waals surface area contributed by atoms with E-state index in [0.717, 1.165) is 40.0 Å². The summed E-state index contributed by atoms with van der Waals surface area (Å²) in [5, 5.41) is 1.45. The van der Waals surface area contributed by atoms with Crippen molar-refractivity contribution in [3.63, 3.8) is 0 Å². The molecule has 2 nitrogen and oxygen atoms in total. The van der Waals surface area contributed by atoms with Gasteiger partial charge in [0.15, 0.2) is 0 Å². The van der Waals surface area contributed by atoms with E-state index < -0.39 is 0 Å². The molecule has 106 valence electrons. The van der Waals surface area contributed by atoms with Crippen LogP contribution in [-0.2, 0) is 10.5 Å². The predicted octanol–water partition coefficient (Wildman–Crippen LogP) is 4.49. The van der Waals surface area contributed by atoms with E-state index in [1.807, 2.05) is 18.2 Å². The van der Waals surface area contributed by atoms with Crippen molar-refractivity contribution >= 4 is 40.9 Å². The van der Waals surface area contributed by atoms with Gasteiger partial charge in [0.1, 0.15) is 0 Å². The van der Waals surface area contributed by atoms with Crippen molar-refractivity contribution < 1.29 is 4.79 Å². The number of carbonyl (C=O) groups excluding carboxylic acids is 1. The molecule has 0 aromatic heterocycles. The molecule has 0 saturated carbocycles. The van der Waals surface area contributed by atoms with Gasteiger partial charge in [-0.1, -0.05) is 29.3 Å². The Morgan fingerprint density at radius 3 is 2.42 bits per heavy atom. The summed E-state index contributed by atoms with van der Waals surface area (Å²) in [6, 6.07) is 5.57. The molecule has 0 aliphatic carbocycles. The highest BCUT2D eigenvalue weighted by molar-refractivity contribution is 7.98. The van der Waals surface area contributed by atoms with Crippen LogP contribution in [0, 0.1) is 0 Å². The molecule has 5 heteroatoms. The molecule has 0 saturated heterocycles. The molecule has 0 N–H and O–H groups in total. The molecular formula is C14H19Cl2NOS. The largest absolute Gasteiger partial charge is 0.349 e. The lowest BCUT2D eigenvalue weighted by atomic mass is 10.2. The number of hydrogen-bond acceptors (Lipinski definition) is 2. The Morgan fingerprint density at radius 2 is 1.84 bits per heavy atom. The molecule has 1 aromatic carbocycles. The number of hydrogen-bond donors (Lipinski definition) is 0. The van der Waals surface area contributed by atoms with Gasteiger partial charge in [0.2, 0.25) is 5.91 Å². The highest BCUT2D eigenvalue weighted by Crippen LogP contribution is 2.28. The molecule has 19 heavy (non-hydrogen) atoms. The molecule has 0 aliphatic heterocycles. The van der Waals surface area contributed by atoms with E-state index in [9.17, 15) is 4.79 Å². The number of nitrogens with zero attached hydrogens (tertiary/aromatic N) is 1. The Hall–Kier alpha value is -0.380. The molecule has 0 atom stereocenters. The SMILES string of the molecule is CN(C)C(=O)CCCCSCc1c(Cl)cccc1Cl. The maximum Gasteiger partial charge on any atom is 0.222 e. The van der Waals surface area contributed by atoms with E-state index in [4.69, 9.17) is 23.2 Å². The summed E-state index contributed by atoms with van der Waals surface area (Å²) in [5.41, 5.74) is 1.00. The van der Waals surface area contributed by atoms with Crippen LogP contribution in [0.15, 0.2) is 18.2 Å². The predicted molar refractivity (Wildman–Crippen MR) is 85.2 cm³/mol. The minimum atomic E-state index is 0.194. The summed E-state index contributed by atoms with van der Waals surface area (Å²) in [4.78, 5) is 13.0. The Morgan fingerprint density at radius 1 is 1.21 bits per heavy atom. The van der Waals surface area contributed by atoms with Crippen LogP contribution in [0.5, 0.6) is 0 Å². The van der Waals surface area contributed by atoms with E-state index in [1.54, 1.807) is 30.8 Å². The highest BCUT2D eigenvalue weighted by atomic mass is 35.5. The lowest BCUT2D eigenvalue weighted by Gasteiger charge is -2.09. The molecule has 0 fully saturated rings. The van der Waals surface area contributed by atoms with Gasteiger partial charge >= 0.3 is 0 Å². The summed E-state index contributed by atoms with van der Waals surface area (Å²) in [5.74, 6) is 2.03. The van der Waals surface area contributed by atoms with Crippen molar-refractivity contribution in [3.8, 4) is 0 Å². The second-order valence-corrected chi connectivity index (χ2v) is 6.42. The first-order chi connectivity index (χ1) is 9.02. The van der Waals surface area contributed by atoms with Gasteiger partial charge in [-0.05, 0) is 36.3 Å². The third-order valence-electron chi connectivity index (χ3n) is 2.74. The standard InChI is InChI=1S/C14H19Cl2NOS/c1-17(2)14(18)8-3-4-9-19-10-11-12(15)6-5-7-13(11)16/h5-7H,3-4,8-10H2,1-2H3. The molecule has 0 spiro atoms. The summed E-state index contributed by atoms with van der Waals surface area (Å²) in [7, 11) is 3.58. The zero-order valence-electron chi connectivity index (χ0n) is 11.3. The summed E-state index contributed by atoms with van der Waals surface area (Å²) < 4.78 is 0. The second-order valence-electron chi connectivity index (χ2n) is 4.50. The van der Waals surface area contributed by atoms with E-state index in [2.05, 4.69) is 0 Å². The van der Waals surface area contributed by atoms with Gasteiger partial charge in [-0.25, -0.2) is 0 Å². The van der Waals surface area contributed by atoms with Gasteiger partial charge in [-0.3, -0.25) is 4.79 Å². The van der Waals surface area contributed by atoms with Crippen molar-refractivity contribution in [1.29, 1.82) is 0 Å². The second kappa shape index (κ2) is 8.72. The highest BCUT2D eigenvalue weighted by Gasteiger charge is 2.06. The number of carbonyl (C=O) groups is 1. The first kappa shape index (κ1) is 16.7. The molecule has 0 bridgehead atoms. The summed E-state index contributed by atoms with van der Waals surface area (Å²) >= 11 is 14.0. The van der Waals surface area contributed by atoms with Crippen LogP contribution in [0.4, 0.5) is 0 Å². The molecule has 0 aliphatic rings. The Bertz CT molecular complexity index is 404. The quantitative estimate of drug-likeness (QED) is 0.690. The Balaban J connectivity index is 2.19. The average molecular weight is 320 g/mol. The average Bonchev–Trinajstić information content (AvgIpc) is 2.36. The number of thioether (sulfide) groups is 1. The summed E-state index contributed by atoms with van der Waals surface area (Å²) in [6.45, 7) is 0. The van der Waals surface area contributed by atoms with Crippen molar-refractivity contribution in [2.75, 3.05) is 19.8 Å².